The monoisotopic (exact) mass is 246 g/mol. The van der Waals surface area contributed by atoms with Gasteiger partial charge in [-0.3, -0.25) is 4.79 Å². The number of nitrogens with zero attached hydrogens (tertiary/aromatic N) is 1. The summed E-state index contributed by atoms with van der Waals surface area (Å²) < 4.78 is 23.3. The maximum absolute atomic E-state index is 12.2. The van der Waals surface area contributed by atoms with Crippen molar-refractivity contribution in [1.82, 2.24) is 4.57 Å². The standard InChI is InChI=1S/C11H21NO3Si/c1-7-8(10(14)15)12(9(7)13)16(5,6)11(2,3)4/h7-8H,1-6H3,(H,14,15)/t7-,8-/m1/s1/i1D3. The van der Waals surface area contributed by atoms with Gasteiger partial charge in [0.05, 0.1) is 5.92 Å². The fraction of sp³-hybridized carbons (Fsp3) is 0.818. The van der Waals surface area contributed by atoms with Crippen LogP contribution >= 0.6 is 0 Å². The summed E-state index contributed by atoms with van der Waals surface area (Å²) in [4.78, 5) is 23.5. The number of carboxylic acid groups (broad SMARTS) is 1. The Kier molecular flexibility index (Phi) is 2.06. The van der Waals surface area contributed by atoms with Gasteiger partial charge in [-0.15, -0.1) is 0 Å². The second kappa shape index (κ2) is 3.58. The van der Waals surface area contributed by atoms with E-state index in [9.17, 15) is 14.7 Å². The number of hydrogen-bond acceptors (Lipinski definition) is 2. The quantitative estimate of drug-likeness (QED) is 0.598. The maximum atomic E-state index is 12.2. The Labute approximate surface area is 102 Å². The third kappa shape index (κ3) is 1.67. The zero-order valence-electron chi connectivity index (χ0n) is 13.4. The summed E-state index contributed by atoms with van der Waals surface area (Å²) in [5, 5.41) is 9.04. The molecule has 4 nitrogen and oxygen atoms in total. The SMILES string of the molecule is [2H]C([2H])([2H])[C@H]1C(=O)N([Si](C)(C)C(C)(C)C)[C@H]1C(=O)O. The van der Waals surface area contributed by atoms with Crippen molar-refractivity contribution >= 4 is 20.1 Å². The average Bonchev–Trinajstić information content (AvgIpc) is 2.08. The van der Waals surface area contributed by atoms with E-state index in [0.29, 0.717) is 0 Å². The zero-order valence-corrected chi connectivity index (χ0v) is 11.4. The number of aliphatic carboxylic acids is 1. The lowest BCUT2D eigenvalue weighted by atomic mass is 9.93. The van der Waals surface area contributed by atoms with Gasteiger partial charge in [-0.1, -0.05) is 40.7 Å². The van der Waals surface area contributed by atoms with Gasteiger partial charge in [0.1, 0.15) is 6.04 Å². The molecule has 1 heterocycles. The van der Waals surface area contributed by atoms with E-state index in [0.717, 1.165) is 0 Å². The van der Waals surface area contributed by atoms with Crippen molar-refractivity contribution in [1.29, 1.82) is 0 Å². The molecule has 1 saturated heterocycles. The third-order valence-corrected chi connectivity index (χ3v) is 9.16. The summed E-state index contributed by atoms with van der Waals surface area (Å²) in [6.45, 7) is 7.10. The molecule has 0 bridgehead atoms. The molecule has 0 saturated carbocycles. The number of carbonyl (C=O) groups excluding carboxylic acids is 1. The van der Waals surface area contributed by atoms with Crippen molar-refractivity contribution in [3.63, 3.8) is 0 Å². The molecule has 2 atom stereocenters. The van der Waals surface area contributed by atoms with Gasteiger partial charge in [0.25, 0.3) is 0 Å². The highest BCUT2D eigenvalue weighted by Crippen LogP contribution is 2.44. The van der Waals surface area contributed by atoms with Crippen molar-refractivity contribution in [3.05, 3.63) is 0 Å². The Morgan fingerprint density at radius 2 is 2.00 bits per heavy atom. The van der Waals surface area contributed by atoms with E-state index in [1.165, 1.54) is 4.57 Å². The first-order chi connectivity index (χ1) is 8.23. The van der Waals surface area contributed by atoms with Gasteiger partial charge in [0.15, 0.2) is 8.24 Å². The molecular formula is C11H21NO3Si. The van der Waals surface area contributed by atoms with Gasteiger partial charge in [-0.05, 0) is 5.04 Å². The van der Waals surface area contributed by atoms with Crippen LogP contribution in [0.1, 0.15) is 31.7 Å². The van der Waals surface area contributed by atoms with Crippen molar-refractivity contribution in [2.75, 3.05) is 0 Å². The molecule has 92 valence electrons. The molecule has 0 aromatic heterocycles. The van der Waals surface area contributed by atoms with Gasteiger partial charge >= 0.3 is 5.97 Å². The first-order valence-electron chi connectivity index (χ1n) is 6.79. The van der Waals surface area contributed by atoms with E-state index in [4.69, 9.17) is 4.11 Å². The predicted molar refractivity (Wildman–Crippen MR) is 64.6 cm³/mol. The maximum Gasteiger partial charge on any atom is 0.326 e. The van der Waals surface area contributed by atoms with E-state index in [1.54, 1.807) is 0 Å². The van der Waals surface area contributed by atoms with Crippen LogP contribution in [0.3, 0.4) is 0 Å². The predicted octanol–water partition coefficient (Wildman–Crippen LogP) is 1.92. The highest BCUT2D eigenvalue weighted by molar-refractivity contribution is 6.80. The highest BCUT2D eigenvalue weighted by atomic mass is 28.3. The summed E-state index contributed by atoms with van der Waals surface area (Å²) in [5.41, 5.74) is 0. The lowest BCUT2D eigenvalue weighted by Crippen LogP contribution is -2.74. The first kappa shape index (κ1) is 9.21. The van der Waals surface area contributed by atoms with Crippen LogP contribution in [0.4, 0.5) is 0 Å². The topological polar surface area (TPSA) is 57.6 Å². The summed E-state index contributed by atoms with van der Waals surface area (Å²) in [7, 11) is -2.38. The number of amides is 1. The molecule has 0 radical (unpaired) electrons. The third-order valence-electron chi connectivity index (χ3n) is 3.79. The Balaban J connectivity index is 3.19. The normalized spacial score (nSPS) is 30.2. The van der Waals surface area contributed by atoms with Crippen LogP contribution in [0, 0.1) is 5.92 Å². The molecule has 1 aliphatic rings. The van der Waals surface area contributed by atoms with Crippen LogP contribution < -0.4 is 0 Å². The van der Waals surface area contributed by atoms with Crippen molar-refractivity contribution in [3.8, 4) is 0 Å². The lowest BCUT2D eigenvalue weighted by Gasteiger charge is -2.56. The Hall–Kier alpha value is -0.843. The number of carboxylic acids is 1. The summed E-state index contributed by atoms with van der Waals surface area (Å²) in [5.74, 6) is -3.18. The van der Waals surface area contributed by atoms with E-state index < -0.39 is 38.9 Å². The molecule has 1 N–H and O–H groups in total. The largest absolute Gasteiger partial charge is 0.480 e. The summed E-state index contributed by atoms with van der Waals surface area (Å²) in [6.07, 6.45) is 0. The molecular weight excluding hydrogens is 222 g/mol. The van der Waals surface area contributed by atoms with E-state index in [-0.39, 0.29) is 5.04 Å². The van der Waals surface area contributed by atoms with Gasteiger partial charge in [-0.25, -0.2) is 4.79 Å². The Morgan fingerprint density at radius 1 is 1.50 bits per heavy atom. The van der Waals surface area contributed by atoms with Crippen LogP contribution in [0.15, 0.2) is 0 Å². The first-order valence-corrected chi connectivity index (χ1v) is 8.23. The average molecular weight is 246 g/mol. The molecule has 1 amide bonds. The molecule has 0 aliphatic carbocycles. The highest BCUT2D eigenvalue weighted by Gasteiger charge is 2.58. The summed E-state index contributed by atoms with van der Waals surface area (Å²) in [6, 6.07) is -1.22. The number of carbonyl (C=O) groups is 2. The van der Waals surface area contributed by atoms with Crippen LogP contribution in [-0.4, -0.2) is 35.8 Å². The fourth-order valence-electron chi connectivity index (χ4n) is 1.73. The van der Waals surface area contributed by atoms with E-state index in [2.05, 4.69) is 0 Å². The smallest absolute Gasteiger partial charge is 0.326 e. The molecule has 0 spiro atoms. The lowest BCUT2D eigenvalue weighted by molar-refractivity contribution is -0.162. The summed E-state index contributed by atoms with van der Waals surface area (Å²) >= 11 is 0. The molecule has 1 fully saturated rings. The molecule has 1 aliphatic heterocycles. The minimum atomic E-state index is -2.56. The molecule has 0 aromatic carbocycles. The van der Waals surface area contributed by atoms with Crippen LogP contribution in [0.5, 0.6) is 0 Å². The van der Waals surface area contributed by atoms with Crippen LogP contribution in [0.2, 0.25) is 18.1 Å². The Morgan fingerprint density at radius 3 is 2.31 bits per heavy atom. The molecule has 5 heteroatoms. The Bertz CT molecular complexity index is 414. The minimum absolute atomic E-state index is 0.226. The van der Waals surface area contributed by atoms with Gasteiger partial charge in [0, 0.05) is 4.11 Å². The molecule has 16 heavy (non-hydrogen) atoms. The number of rotatable bonds is 2. The second-order valence-electron chi connectivity index (χ2n) is 5.78. The van der Waals surface area contributed by atoms with Crippen LogP contribution in [-0.2, 0) is 9.59 Å². The second-order valence-corrected chi connectivity index (χ2v) is 10.9. The molecule has 0 aromatic rings. The zero-order chi connectivity index (χ0) is 15.4. The van der Waals surface area contributed by atoms with Gasteiger partial charge < -0.3 is 9.67 Å². The van der Waals surface area contributed by atoms with Crippen molar-refractivity contribution in [2.24, 2.45) is 5.92 Å². The van der Waals surface area contributed by atoms with Gasteiger partial charge in [-0.2, -0.15) is 0 Å². The molecule has 0 unspecified atom stereocenters. The van der Waals surface area contributed by atoms with Gasteiger partial charge in [0.2, 0.25) is 5.91 Å². The molecule has 1 rings (SSSR count). The van der Waals surface area contributed by atoms with E-state index >= 15 is 0 Å². The van der Waals surface area contributed by atoms with Crippen molar-refractivity contribution in [2.45, 2.75) is 51.8 Å². The van der Waals surface area contributed by atoms with E-state index in [1.807, 2.05) is 33.9 Å². The van der Waals surface area contributed by atoms with Crippen molar-refractivity contribution < 1.29 is 18.8 Å². The number of β-lactam (4-membered cyclic amide) rings is 1. The number of hydrogen-bond donors (Lipinski definition) is 1. The fourth-order valence-corrected chi connectivity index (χ4v) is 4.09. The minimum Gasteiger partial charge on any atom is -0.480 e. The van der Waals surface area contributed by atoms with Crippen LogP contribution in [0.25, 0.3) is 0 Å².